The molecule has 12 heavy (non-hydrogen) atoms. The summed E-state index contributed by atoms with van der Waals surface area (Å²) >= 11 is 8.85. The summed E-state index contributed by atoms with van der Waals surface area (Å²) in [4.78, 5) is 0. The Hall–Kier alpha value is -0.120. The molecule has 64 valence electrons. The van der Waals surface area contributed by atoms with Crippen LogP contribution in [-0.2, 0) is 4.74 Å². The summed E-state index contributed by atoms with van der Waals surface area (Å²) in [6.45, 7) is 0.579. The average molecular weight is 251 g/mol. The molecule has 1 aliphatic rings. The van der Waals surface area contributed by atoms with Crippen molar-refractivity contribution in [3.63, 3.8) is 0 Å². The van der Waals surface area contributed by atoms with Crippen molar-refractivity contribution >= 4 is 27.5 Å². The molecule has 1 atom stereocenters. The maximum absolute atomic E-state index is 13.3. The molecule has 1 aliphatic heterocycles. The van der Waals surface area contributed by atoms with Crippen molar-refractivity contribution in [3.05, 3.63) is 33.0 Å². The molecule has 1 fully saturated rings. The van der Waals surface area contributed by atoms with Gasteiger partial charge in [-0.2, -0.15) is 0 Å². The van der Waals surface area contributed by atoms with Crippen LogP contribution in [0.3, 0.4) is 0 Å². The van der Waals surface area contributed by atoms with Gasteiger partial charge in [-0.1, -0.05) is 27.5 Å². The molecule has 0 spiro atoms. The van der Waals surface area contributed by atoms with Crippen molar-refractivity contribution in [2.45, 2.75) is 6.10 Å². The summed E-state index contributed by atoms with van der Waals surface area (Å²) in [5, 5.41) is 0.142. The highest BCUT2D eigenvalue weighted by Gasteiger charge is 2.30. The molecule has 0 saturated carbocycles. The molecule has 1 aromatic carbocycles. The van der Waals surface area contributed by atoms with Gasteiger partial charge in [0.05, 0.1) is 11.6 Å². The van der Waals surface area contributed by atoms with Crippen LogP contribution in [0, 0.1) is 5.82 Å². The normalized spacial score (nSPS) is 21.1. The monoisotopic (exact) mass is 250 g/mol. The van der Waals surface area contributed by atoms with Crippen LogP contribution < -0.4 is 0 Å². The lowest BCUT2D eigenvalue weighted by Crippen LogP contribution is -1.90. The Bertz CT molecular complexity index is 325. The third-order valence-electron chi connectivity index (χ3n) is 1.73. The fourth-order valence-electron chi connectivity index (χ4n) is 1.05. The van der Waals surface area contributed by atoms with Gasteiger partial charge in [0.2, 0.25) is 0 Å². The lowest BCUT2D eigenvalue weighted by molar-refractivity contribution is 0.407. The topological polar surface area (TPSA) is 12.5 Å². The van der Waals surface area contributed by atoms with Crippen molar-refractivity contribution in [2.24, 2.45) is 0 Å². The highest BCUT2D eigenvalue weighted by Crippen LogP contribution is 2.38. The molecule has 0 amide bonds. The van der Waals surface area contributed by atoms with E-state index in [2.05, 4.69) is 15.9 Å². The van der Waals surface area contributed by atoms with E-state index in [1.807, 2.05) is 0 Å². The highest BCUT2D eigenvalue weighted by atomic mass is 79.9. The maximum atomic E-state index is 13.3. The third kappa shape index (κ3) is 1.37. The second kappa shape index (κ2) is 2.98. The molecule has 1 nitrogen and oxygen atoms in total. The Kier molecular flexibility index (Phi) is 2.10. The van der Waals surface area contributed by atoms with E-state index in [0.717, 1.165) is 0 Å². The first-order valence-electron chi connectivity index (χ1n) is 3.45. The minimum absolute atomic E-state index is 0.113. The Labute approximate surface area is 82.6 Å². The quantitative estimate of drug-likeness (QED) is 0.551. The predicted molar refractivity (Wildman–Crippen MR) is 47.8 cm³/mol. The van der Waals surface area contributed by atoms with E-state index in [0.29, 0.717) is 16.6 Å². The van der Waals surface area contributed by atoms with Crippen LogP contribution in [0.4, 0.5) is 4.39 Å². The fraction of sp³-hybridized carbons (Fsp3) is 0.250. The van der Waals surface area contributed by atoms with E-state index in [4.69, 9.17) is 16.3 Å². The standard InChI is InChI=1S/C8H5BrClFO/c9-4-1-2-5(10)8(11)7(4)6-3-12-6/h1-2,6H,3H2. The molecule has 1 saturated heterocycles. The smallest absolute Gasteiger partial charge is 0.148 e. The van der Waals surface area contributed by atoms with Crippen LogP contribution in [0.5, 0.6) is 0 Å². The average Bonchev–Trinajstić information content (AvgIpc) is 2.81. The first kappa shape index (κ1) is 8.48. The van der Waals surface area contributed by atoms with E-state index < -0.39 is 0 Å². The van der Waals surface area contributed by atoms with Crippen molar-refractivity contribution in [3.8, 4) is 0 Å². The molecule has 0 radical (unpaired) electrons. The summed E-state index contributed by atoms with van der Waals surface area (Å²) in [6.07, 6.45) is -0.113. The van der Waals surface area contributed by atoms with Gasteiger partial charge in [-0.05, 0) is 12.1 Å². The van der Waals surface area contributed by atoms with Crippen LogP contribution >= 0.6 is 27.5 Å². The van der Waals surface area contributed by atoms with Gasteiger partial charge in [-0.3, -0.25) is 0 Å². The first-order valence-corrected chi connectivity index (χ1v) is 4.62. The van der Waals surface area contributed by atoms with Gasteiger partial charge in [0.1, 0.15) is 11.9 Å². The molecular formula is C8H5BrClFO. The summed E-state index contributed by atoms with van der Waals surface area (Å²) in [6, 6.07) is 3.25. The largest absolute Gasteiger partial charge is 0.368 e. The summed E-state index contributed by atoms with van der Waals surface area (Å²) in [5.41, 5.74) is 0.530. The SMILES string of the molecule is Fc1c(Cl)ccc(Br)c1C1CO1. The molecule has 1 heterocycles. The minimum Gasteiger partial charge on any atom is -0.368 e. The number of benzene rings is 1. The van der Waals surface area contributed by atoms with Gasteiger partial charge in [0, 0.05) is 10.0 Å². The number of rotatable bonds is 1. The fourth-order valence-corrected chi connectivity index (χ4v) is 1.78. The number of halogens is 3. The van der Waals surface area contributed by atoms with Gasteiger partial charge < -0.3 is 4.74 Å². The molecule has 0 aliphatic carbocycles. The zero-order valence-electron chi connectivity index (χ0n) is 5.98. The lowest BCUT2D eigenvalue weighted by atomic mass is 10.1. The molecular weight excluding hydrogens is 246 g/mol. The third-order valence-corrected chi connectivity index (χ3v) is 2.72. The predicted octanol–water partition coefficient (Wildman–Crippen LogP) is 3.31. The van der Waals surface area contributed by atoms with Gasteiger partial charge in [-0.25, -0.2) is 4.39 Å². The molecule has 0 aromatic heterocycles. The number of ether oxygens (including phenoxy) is 1. The molecule has 2 rings (SSSR count). The summed E-state index contributed by atoms with van der Waals surface area (Å²) in [7, 11) is 0. The highest BCUT2D eigenvalue weighted by molar-refractivity contribution is 9.10. The lowest BCUT2D eigenvalue weighted by Gasteiger charge is -2.03. The van der Waals surface area contributed by atoms with E-state index in [1.165, 1.54) is 6.07 Å². The zero-order valence-corrected chi connectivity index (χ0v) is 8.32. The number of hydrogen-bond acceptors (Lipinski definition) is 1. The molecule has 1 unspecified atom stereocenters. The van der Waals surface area contributed by atoms with Crippen LogP contribution in [0.15, 0.2) is 16.6 Å². The maximum Gasteiger partial charge on any atom is 0.148 e. The van der Waals surface area contributed by atoms with Gasteiger partial charge in [0.25, 0.3) is 0 Å². The van der Waals surface area contributed by atoms with Gasteiger partial charge >= 0.3 is 0 Å². The number of epoxide rings is 1. The van der Waals surface area contributed by atoms with Gasteiger partial charge in [-0.15, -0.1) is 0 Å². The second-order valence-electron chi connectivity index (χ2n) is 2.58. The first-order chi connectivity index (χ1) is 5.70. The van der Waals surface area contributed by atoms with E-state index in [1.54, 1.807) is 6.07 Å². The van der Waals surface area contributed by atoms with E-state index in [-0.39, 0.29) is 16.9 Å². The Morgan fingerprint density at radius 2 is 2.25 bits per heavy atom. The zero-order chi connectivity index (χ0) is 8.72. The van der Waals surface area contributed by atoms with Crippen LogP contribution in [0.1, 0.15) is 11.7 Å². The molecule has 0 bridgehead atoms. The Balaban J connectivity index is 2.55. The van der Waals surface area contributed by atoms with Crippen LogP contribution in [0.2, 0.25) is 5.02 Å². The summed E-state index contributed by atoms with van der Waals surface area (Å²) in [5.74, 6) is -0.381. The second-order valence-corrected chi connectivity index (χ2v) is 3.84. The van der Waals surface area contributed by atoms with Crippen molar-refractivity contribution < 1.29 is 9.13 Å². The van der Waals surface area contributed by atoms with Gasteiger partial charge in [0.15, 0.2) is 0 Å². The molecule has 1 aromatic rings. The van der Waals surface area contributed by atoms with Crippen molar-refractivity contribution in [1.82, 2.24) is 0 Å². The minimum atomic E-state index is -0.381. The summed E-state index contributed by atoms with van der Waals surface area (Å²) < 4.78 is 19.0. The van der Waals surface area contributed by atoms with Crippen molar-refractivity contribution in [2.75, 3.05) is 6.61 Å². The Morgan fingerprint density at radius 1 is 1.58 bits per heavy atom. The van der Waals surface area contributed by atoms with Crippen molar-refractivity contribution in [1.29, 1.82) is 0 Å². The van der Waals surface area contributed by atoms with E-state index in [9.17, 15) is 4.39 Å². The number of hydrogen-bond donors (Lipinski definition) is 0. The molecule has 0 N–H and O–H groups in total. The Morgan fingerprint density at radius 3 is 2.83 bits per heavy atom. The molecule has 4 heteroatoms. The van der Waals surface area contributed by atoms with Crippen LogP contribution in [-0.4, -0.2) is 6.61 Å². The van der Waals surface area contributed by atoms with Crippen LogP contribution in [0.25, 0.3) is 0 Å². The van der Waals surface area contributed by atoms with E-state index >= 15 is 0 Å².